The topological polar surface area (TPSA) is 45.1 Å². The number of hydrogen-bond donors (Lipinski definition) is 2. The summed E-state index contributed by atoms with van der Waals surface area (Å²) >= 11 is 1.58. The molecule has 0 aliphatic rings. The molecule has 0 aliphatic carbocycles. The van der Waals surface area contributed by atoms with Crippen LogP contribution in [0.3, 0.4) is 0 Å². The number of thiazole rings is 1. The lowest BCUT2D eigenvalue weighted by Crippen LogP contribution is -2.29. The molecule has 0 saturated heterocycles. The third-order valence-corrected chi connectivity index (χ3v) is 2.82. The van der Waals surface area contributed by atoms with Gasteiger partial charge in [0.15, 0.2) is 5.13 Å². The van der Waals surface area contributed by atoms with Crippen LogP contribution in [0, 0.1) is 12.8 Å². The molecule has 1 atom stereocenters. The van der Waals surface area contributed by atoms with Crippen molar-refractivity contribution in [3.63, 3.8) is 0 Å². The molecule has 0 amide bonds. The normalized spacial score (nSPS) is 13.3. The van der Waals surface area contributed by atoms with Crippen LogP contribution in [0.1, 0.15) is 19.5 Å². The largest absolute Gasteiger partial charge is 0.394 e. The van der Waals surface area contributed by atoms with E-state index in [-0.39, 0.29) is 12.6 Å². The number of aryl methyl sites for hydroxylation is 1. The van der Waals surface area contributed by atoms with E-state index in [9.17, 15) is 0 Å². The monoisotopic (exact) mass is 200 g/mol. The van der Waals surface area contributed by atoms with Gasteiger partial charge in [-0.3, -0.25) is 0 Å². The first-order chi connectivity index (χ1) is 6.13. The number of aromatic nitrogens is 1. The van der Waals surface area contributed by atoms with E-state index in [0.717, 1.165) is 10.8 Å². The quantitative estimate of drug-likeness (QED) is 0.780. The number of anilines is 1. The molecule has 0 spiro atoms. The van der Waals surface area contributed by atoms with Gasteiger partial charge in [-0.05, 0) is 12.8 Å². The first-order valence-corrected chi connectivity index (χ1v) is 5.31. The van der Waals surface area contributed by atoms with Crippen LogP contribution in [-0.4, -0.2) is 22.7 Å². The maximum Gasteiger partial charge on any atom is 0.183 e. The zero-order valence-electron chi connectivity index (χ0n) is 8.24. The lowest BCUT2D eigenvalue weighted by atomic mass is 10.1. The second-order valence-electron chi connectivity index (χ2n) is 3.47. The maximum absolute atomic E-state index is 9.08. The average molecular weight is 200 g/mol. The molecule has 0 bridgehead atoms. The standard InChI is InChI=1S/C9H16N2OS/c1-6(2)8(4-12)11-9-10-7(3)5-13-9/h5-6,8,12H,4H2,1-3H3,(H,10,11)/t8-/m1/s1. The summed E-state index contributed by atoms with van der Waals surface area (Å²) < 4.78 is 0. The van der Waals surface area contributed by atoms with Crippen LogP contribution in [0.15, 0.2) is 5.38 Å². The molecule has 74 valence electrons. The molecule has 0 radical (unpaired) electrons. The Morgan fingerprint density at radius 3 is 2.69 bits per heavy atom. The van der Waals surface area contributed by atoms with Crippen molar-refractivity contribution in [1.82, 2.24) is 4.98 Å². The highest BCUT2D eigenvalue weighted by Crippen LogP contribution is 2.17. The van der Waals surface area contributed by atoms with Crippen molar-refractivity contribution < 1.29 is 5.11 Å². The molecule has 0 fully saturated rings. The lowest BCUT2D eigenvalue weighted by molar-refractivity contribution is 0.249. The van der Waals surface area contributed by atoms with Gasteiger partial charge in [0.2, 0.25) is 0 Å². The Kier molecular flexibility index (Phi) is 3.69. The summed E-state index contributed by atoms with van der Waals surface area (Å²) in [6.07, 6.45) is 0. The molecule has 0 aromatic carbocycles. The van der Waals surface area contributed by atoms with E-state index < -0.39 is 0 Å². The summed E-state index contributed by atoms with van der Waals surface area (Å²) in [5.41, 5.74) is 1.02. The molecule has 1 aromatic heterocycles. The molecule has 1 heterocycles. The van der Waals surface area contributed by atoms with Crippen LogP contribution >= 0.6 is 11.3 Å². The van der Waals surface area contributed by atoms with Gasteiger partial charge in [-0.25, -0.2) is 4.98 Å². The van der Waals surface area contributed by atoms with E-state index in [1.807, 2.05) is 12.3 Å². The summed E-state index contributed by atoms with van der Waals surface area (Å²) in [5.74, 6) is 0.411. The Hall–Kier alpha value is -0.610. The molecule has 1 aromatic rings. The minimum Gasteiger partial charge on any atom is -0.394 e. The van der Waals surface area contributed by atoms with Gasteiger partial charge in [0.05, 0.1) is 18.3 Å². The van der Waals surface area contributed by atoms with Crippen LogP contribution in [-0.2, 0) is 0 Å². The Balaban J connectivity index is 2.56. The Morgan fingerprint density at radius 1 is 1.62 bits per heavy atom. The zero-order chi connectivity index (χ0) is 9.84. The molecule has 0 unspecified atom stereocenters. The van der Waals surface area contributed by atoms with Crippen LogP contribution < -0.4 is 5.32 Å². The van der Waals surface area contributed by atoms with Crippen molar-refractivity contribution in [1.29, 1.82) is 0 Å². The maximum atomic E-state index is 9.08. The van der Waals surface area contributed by atoms with Crippen molar-refractivity contribution in [3.05, 3.63) is 11.1 Å². The van der Waals surface area contributed by atoms with Crippen LogP contribution in [0.4, 0.5) is 5.13 Å². The smallest absolute Gasteiger partial charge is 0.183 e. The van der Waals surface area contributed by atoms with E-state index in [4.69, 9.17) is 5.11 Å². The molecule has 1 rings (SSSR count). The molecule has 2 N–H and O–H groups in total. The van der Waals surface area contributed by atoms with Gasteiger partial charge in [-0.15, -0.1) is 11.3 Å². The van der Waals surface area contributed by atoms with E-state index >= 15 is 0 Å². The third kappa shape index (κ3) is 2.97. The van der Waals surface area contributed by atoms with Crippen LogP contribution in [0.25, 0.3) is 0 Å². The SMILES string of the molecule is Cc1csc(N[C@H](CO)C(C)C)n1. The molecule has 0 saturated carbocycles. The summed E-state index contributed by atoms with van der Waals surface area (Å²) in [7, 11) is 0. The molecular weight excluding hydrogens is 184 g/mol. The first-order valence-electron chi connectivity index (χ1n) is 4.43. The fraction of sp³-hybridized carbons (Fsp3) is 0.667. The summed E-state index contributed by atoms with van der Waals surface area (Å²) in [6, 6.07) is 0.102. The van der Waals surface area contributed by atoms with Gasteiger partial charge >= 0.3 is 0 Å². The summed E-state index contributed by atoms with van der Waals surface area (Å²) in [6.45, 7) is 6.27. The third-order valence-electron chi connectivity index (χ3n) is 1.93. The second-order valence-corrected chi connectivity index (χ2v) is 4.33. The fourth-order valence-electron chi connectivity index (χ4n) is 1.00. The Labute approximate surface area is 82.8 Å². The second kappa shape index (κ2) is 4.58. The van der Waals surface area contributed by atoms with Crippen molar-refractivity contribution in [3.8, 4) is 0 Å². The number of nitrogens with one attached hydrogen (secondary N) is 1. The van der Waals surface area contributed by atoms with Gasteiger partial charge < -0.3 is 10.4 Å². The molecule has 3 nitrogen and oxygen atoms in total. The predicted molar refractivity (Wildman–Crippen MR) is 56.2 cm³/mol. The van der Waals surface area contributed by atoms with Crippen molar-refractivity contribution in [2.75, 3.05) is 11.9 Å². The van der Waals surface area contributed by atoms with E-state index in [1.165, 1.54) is 0 Å². The Bertz CT molecular complexity index is 260. The number of aliphatic hydroxyl groups is 1. The molecule has 4 heteroatoms. The van der Waals surface area contributed by atoms with Gasteiger partial charge in [0.25, 0.3) is 0 Å². The first kappa shape index (κ1) is 10.5. The molecule has 0 aliphatic heterocycles. The van der Waals surface area contributed by atoms with Crippen molar-refractivity contribution in [2.24, 2.45) is 5.92 Å². The molecular formula is C9H16N2OS. The van der Waals surface area contributed by atoms with Crippen molar-refractivity contribution >= 4 is 16.5 Å². The predicted octanol–water partition coefficient (Wildman–Crippen LogP) is 1.88. The van der Waals surface area contributed by atoms with Gasteiger partial charge in [0, 0.05) is 5.38 Å². The van der Waals surface area contributed by atoms with Gasteiger partial charge in [0.1, 0.15) is 0 Å². The van der Waals surface area contributed by atoms with E-state index in [0.29, 0.717) is 5.92 Å². The highest BCUT2D eigenvalue weighted by atomic mass is 32.1. The number of rotatable bonds is 4. The zero-order valence-corrected chi connectivity index (χ0v) is 9.06. The highest BCUT2D eigenvalue weighted by molar-refractivity contribution is 7.13. The number of nitrogens with zero attached hydrogens (tertiary/aromatic N) is 1. The lowest BCUT2D eigenvalue weighted by Gasteiger charge is -2.18. The van der Waals surface area contributed by atoms with Gasteiger partial charge in [-0.2, -0.15) is 0 Å². The van der Waals surface area contributed by atoms with E-state index in [2.05, 4.69) is 24.1 Å². The van der Waals surface area contributed by atoms with Crippen LogP contribution in [0.2, 0.25) is 0 Å². The molecule has 13 heavy (non-hydrogen) atoms. The summed E-state index contributed by atoms with van der Waals surface area (Å²) in [4.78, 5) is 4.28. The minimum absolute atomic E-state index is 0.102. The minimum atomic E-state index is 0.102. The summed E-state index contributed by atoms with van der Waals surface area (Å²) in [5, 5.41) is 15.2. The fourth-order valence-corrected chi connectivity index (χ4v) is 1.75. The number of aliphatic hydroxyl groups excluding tert-OH is 1. The highest BCUT2D eigenvalue weighted by Gasteiger charge is 2.12. The Morgan fingerprint density at radius 2 is 2.31 bits per heavy atom. The average Bonchev–Trinajstić information content (AvgIpc) is 2.46. The van der Waals surface area contributed by atoms with Crippen LogP contribution in [0.5, 0.6) is 0 Å². The van der Waals surface area contributed by atoms with Gasteiger partial charge in [-0.1, -0.05) is 13.8 Å². The number of hydrogen-bond acceptors (Lipinski definition) is 4. The van der Waals surface area contributed by atoms with E-state index in [1.54, 1.807) is 11.3 Å². The van der Waals surface area contributed by atoms with Crippen molar-refractivity contribution in [2.45, 2.75) is 26.8 Å².